The SMILES string of the molecule is CCCCCCCCC(=O)[C@@H]1[C@H](c2cccc3ccccc23)N1S(=O)(=O)c1ccccc1. The highest BCUT2D eigenvalue weighted by Crippen LogP contribution is 2.50. The van der Waals surface area contributed by atoms with Gasteiger partial charge in [0.25, 0.3) is 0 Å². The van der Waals surface area contributed by atoms with Crippen LogP contribution in [0.3, 0.4) is 0 Å². The van der Waals surface area contributed by atoms with Gasteiger partial charge in [-0.15, -0.1) is 0 Å². The lowest BCUT2D eigenvalue weighted by Crippen LogP contribution is -2.19. The first-order valence-electron chi connectivity index (χ1n) is 11.6. The predicted molar refractivity (Wildman–Crippen MR) is 129 cm³/mol. The highest BCUT2D eigenvalue weighted by molar-refractivity contribution is 7.89. The van der Waals surface area contributed by atoms with Crippen LogP contribution in [-0.2, 0) is 14.8 Å². The molecule has 1 saturated heterocycles. The van der Waals surface area contributed by atoms with Gasteiger partial charge >= 0.3 is 0 Å². The van der Waals surface area contributed by atoms with Crippen LogP contribution in [0, 0.1) is 0 Å². The zero-order valence-corrected chi connectivity index (χ0v) is 19.4. The summed E-state index contributed by atoms with van der Waals surface area (Å²) in [7, 11) is -3.76. The van der Waals surface area contributed by atoms with Crippen LogP contribution in [-0.4, -0.2) is 24.5 Å². The van der Waals surface area contributed by atoms with Gasteiger partial charge in [0, 0.05) is 6.42 Å². The molecule has 3 atom stereocenters. The molecule has 1 aliphatic heterocycles. The van der Waals surface area contributed by atoms with Gasteiger partial charge in [-0.3, -0.25) is 4.79 Å². The van der Waals surface area contributed by atoms with E-state index in [0.29, 0.717) is 6.42 Å². The van der Waals surface area contributed by atoms with Gasteiger partial charge < -0.3 is 0 Å². The molecule has 168 valence electrons. The molecule has 32 heavy (non-hydrogen) atoms. The first kappa shape index (κ1) is 22.7. The van der Waals surface area contributed by atoms with E-state index >= 15 is 0 Å². The maximum absolute atomic E-state index is 13.5. The van der Waals surface area contributed by atoms with Crippen LogP contribution >= 0.6 is 0 Å². The molecule has 1 heterocycles. The number of carbonyl (C=O) groups excluding carboxylic acids is 1. The first-order valence-corrected chi connectivity index (χ1v) is 13.1. The van der Waals surface area contributed by atoms with Crippen LogP contribution in [0.15, 0.2) is 77.7 Å². The minimum Gasteiger partial charge on any atom is -0.298 e. The molecule has 1 fully saturated rings. The van der Waals surface area contributed by atoms with E-state index in [4.69, 9.17) is 0 Å². The topological polar surface area (TPSA) is 54.2 Å². The lowest BCUT2D eigenvalue weighted by atomic mass is 9.98. The molecule has 0 spiro atoms. The summed E-state index contributed by atoms with van der Waals surface area (Å²) in [6, 6.07) is 21.2. The summed E-state index contributed by atoms with van der Waals surface area (Å²) >= 11 is 0. The van der Waals surface area contributed by atoms with Crippen LogP contribution in [0.4, 0.5) is 0 Å². The van der Waals surface area contributed by atoms with Gasteiger partial charge in [0.05, 0.1) is 10.9 Å². The average molecular weight is 450 g/mol. The van der Waals surface area contributed by atoms with Crippen LogP contribution in [0.5, 0.6) is 0 Å². The van der Waals surface area contributed by atoms with E-state index in [1.165, 1.54) is 23.6 Å². The Morgan fingerprint density at radius 2 is 1.47 bits per heavy atom. The van der Waals surface area contributed by atoms with Gasteiger partial charge in [0.15, 0.2) is 5.78 Å². The smallest absolute Gasteiger partial charge is 0.244 e. The molecule has 3 aromatic rings. The number of Topliss-reactive ketones (excluding diaryl/α,β-unsaturated/α-hetero) is 1. The summed E-state index contributed by atoms with van der Waals surface area (Å²) in [5, 5.41) is 2.05. The van der Waals surface area contributed by atoms with Crippen molar-refractivity contribution in [3.63, 3.8) is 0 Å². The maximum atomic E-state index is 13.5. The van der Waals surface area contributed by atoms with Gasteiger partial charge in [-0.1, -0.05) is 99.7 Å². The van der Waals surface area contributed by atoms with Crippen molar-refractivity contribution in [1.29, 1.82) is 0 Å². The van der Waals surface area contributed by atoms with Crippen LogP contribution in [0.1, 0.15) is 63.5 Å². The van der Waals surface area contributed by atoms with Gasteiger partial charge in [-0.2, -0.15) is 4.31 Å². The Morgan fingerprint density at radius 1 is 0.812 bits per heavy atom. The molecule has 1 aliphatic rings. The number of nitrogens with zero attached hydrogens (tertiary/aromatic N) is 1. The van der Waals surface area contributed by atoms with Crippen molar-refractivity contribution in [3.05, 3.63) is 78.4 Å². The van der Waals surface area contributed by atoms with E-state index in [9.17, 15) is 13.2 Å². The second-order valence-corrected chi connectivity index (χ2v) is 10.4. The zero-order valence-electron chi connectivity index (χ0n) is 18.6. The number of hydrogen-bond donors (Lipinski definition) is 0. The third kappa shape index (κ3) is 4.64. The molecule has 5 heteroatoms. The Bertz CT molecular complexity index is 1170. The minimum absolute atomic E-state index is 0.0259. The lowest BCUT2D eigenvalue weighted by molar-refractivity contribution is -0.119. The Morgan fingerprint density at radius 3 is 2.25 bits per heavy atom. The fourth-order valence-corrected chi connectivity index (χ4v) is 6.34. The number of hydrogen-bond acceptors (Lipinski definition) is 3. The number of fused-ring (bicyclic) bond motifs is 1. The number of benzene rings is 3. The second kappa shape index (κ2) is 9.97. The van der Waals surface area contributed by atoms with E-state index < -0.39 is 22.1 Å². The molecule has 0 bridgehead atoms. The van der Waals surface area contributed by atoms with Crippen molar-refractivity contribution < 1.29 is 13.2 Å². The monoisotopic (exact) mass is 449 g/mol. The Hall–Kier alpha value is -2.50. The standard InChI is InChI=1S/C27H31NO3S/c1-2-3-4-5-6-10-20-25(29)27-26(24-19-13-15-21-14-11-12-18-23(21)24)28(27)32(30,31)22-16-8-7-9-17-22/h7-9,11-19,26-27H,2-6,10,20H2,1H3/t26-,27+,28?/m0/s1. The molecule has 0 aliphatic carbocycles. The van der Waals surface area contributed by atoms with Crippen molar-refractivity contribution in [2.24, 2.45) is 0 Å². The minimum atomic E-state index is -3.76. The summed E-state index contributed by atoms with van der Waals surface area (Å²) in [4.78, 5) is 13.4. The number of ketones is 1. The summed E-state index contributed by atoms with van der Waals surface area (Å²) in [6.07, 6.45) is 7.01. The van der Waals surface area contributed by atoms with E-state index in [-0.39, 0.29) is 10.7 Å². The van der Waals surface area contributed by atoms with Crippen LogP contribution in [0.25, 0.3) is 10.8 Å². The zero-order chi connectivity index (χ0) is 22.6. The summed E-state index contributed by atoms with van der Waals surface area (Å²) in [5.41, 5.74) is 0.906. The van der Waals surface area contributed by atoms with E-state index in [0.717, 1.165) is 35.6 Å². The third-order valence-corrected chi connectivity index (χ3v) is 8.20. The van der Waals surface area contributed by atoms with Crippen molar-refractivity contribution in [2.75, 3.05) is 0 Å². The molecule has 1 unspecified atom stereocenters. The van der Waals surface area contributed by atoms with Crippen molar-refractivity contribution in [3.8, 4) is 0 Å². The molecule has 0 N–H and O–H groups in total. The van der Waals surface area contributed by atoms with Crippen LogP contribution < -0.4 is 0 Å². The third-order valence-electron chi connectivity index (χ3n) is 6.32. The Balaban J connectivity index is 1.60. The molecule has 0 aromatic heterocycles. The second-order valence-electron chi connectivity index (χ2n) is 8.59. The fourth-order valence-electron chi connectivity index (χ4n) is 4.59. The van der Waals surface area contributed by atoms with Gasteiger partial charge in [-0.05, 0) is 34.9 Å². The molecular weight excluding hydrogens is 418 g/mol. The molecule has 4 nitrogen and oxygen atoms in total. The molecular formula is C27H31NO3S. The van der Waals surface area contributed by atoms with E-state index in [1.807, 2.05) is 42.5 Å². The van der Waals surface area contributed by atoms with Crippen LogP contribution in [0.2, 0.25) is 0 Å². The molecule has 0 saturated carbocycles. The highest BCUT2D eigenvalue weighted by atomic mass is 32.2. The molecule has 0 amide bonds. The number of carbonyl (C=O) groups is 1. The Kier molecular flexibility index (Phi) is 7.07. The molecule has 4 rings (SSSR count). The highest BCUT2D eigenvalue weighted by Gasteiger charge is 2.59. The number of sulfonamides is 1. The summed E-state index contributed by atoms with van der Waals surface area (Å²) in [5.74, 6) is 0.0259. The molecule has 3 aromatic carbocycles. The van der Waals surface area contributed by atoms with Gasteiger partial charge in [-0.25, -0.2) is 8.42 Å². The first-order chi connectivity index (χ1) is 15.6. The predicted octanol–water partition coefficient (Wildman–Crippen LogP) is 6.27. The van der Waals surface area contributed by atoms with Crippen molar-refractivity contribution in [1.82, 2.24) is 4.31 Å². The summed E-state index contributed by atoms with van der Waals surface area (Å²) in [6.45, 7) is 2.19. The number of rotatable bonds is 11. The summed E-state index contributed by atoms with van der Waals surface area (Å²) < 4.78 is 28.3. The van der Waals surface area contributed by atoms with Crippen molar-refractivity contribution in [2.45, 2.75) is 68.8 Å². The Labute approximate surface area is 191 Å². The average Bonchev–Trinajstić information content (AvgIpc) is 3.58. The quantitative estimate of drug-likeness (QED) is 0.256. The largest absolute Gasteiger partial charge is 0.298 e. The maximum Gasteiger partial charge on any atom is 0.244 e. The number of unbranched alkanes of at least 4 members (excludes halogenated alkanes) is 5. The van der Waals surface area contributed by atoms with E-state index in [1.54, 1.807) is 30.3 Å². The van der Waals surface area contributed by atoms with E-state index in [2.05, 4.69) is 6.92 Å². The van der Waals surface area contributed by atoms with Gasteiger partial charge in [0.1, 0.15) is 6.04 Å². The lowest BCUT2D eigenvalue weighted by Gasteiger charge is -2.08. The fraction of sp³-hybridized carbons (Fsp3) is 0.370. The normalized spacial score (nSPS) is 20.3. The molecule has 0 radical (unpaired) electrons. The van der Waals surface area contributed by atoms with Gasteiger partial charge in [0.2, 0.25) is 10.0 Å². The van der Waals surface area contributed by atoms with Crippen molar-refractivity contribution >= 4 is 26.6 Å².